The van der Waals surface area contributed by atoms with Crippen LogP contribution in [0.2, 0.25) is 0 Å². The van der Waals surface area contributed by atoms with Crippen LogP contribution in [-0.4, -0.2) is 45.8 Å². The number of carbonyl (C=O) groups excluding carboxylic acids is 3. The minimum atomic E-state index is -1.33. The van der Waals surface area contributed by atoms with E-state index in [1.807, 2.05) is 0 Å². The van der Waals surface area contributed by atoms with Crippen LogP contribution in [0.25, 0.3) is 0 Å². The topological polar surface area (TPSA) is 145 Å². The second-order valence-electron chi connectivity index (χ2n) is 4.41. The van der Waals surface area contributed by atoms with Crippen molar-refractivity contribution in [2.75, 3.05) is 11.9 Å². The summed E-state index contributed by atoms with van der Waals surface area (Å²) in [5, 5.41) is 24.0. The molecule has 0 aliphatic carbocycles. The van der Waals surface area contributed by atoms with E-state index in [-0.39, 0.29) is 5.75 Å². The van der Waals surface area contributed by atoms with E-state index in [9.17, 15) is 19.2 Å². The standard InChI is InChI=1S/C13H15N3O6S/c17-8-3-1-7(2-4-8)15-12(21)9(5-11(19)20)16-10(18)6-14-13(22)23/h1-4,9,17H,5-6H2,(H,15,21)(H,16,18)(H,19,20)(H2,14,22,23)/t9-/m0/s1. The van der Waals surface area contributed by atoms with Crippen LogP contribution in [0.3, 0.4) is 0 Å². The first-order chi connectivity index (χ1) is 10.8. The van der Waals surface area contributed by atoms with E-state index in [0.717, 1.165) is 0 Å². The highest BCUT2D eigenvalue weighted by Gasteiger charge is 2.23. The number of phenols is 1. The molecule has 0 aliphatic rings. The Hall–Kier alpha value is -2.75. The molecule has 1 aromatic carbocycles. The number of amides is 3. The predicted molar refractivity (Wildman–Crippen MR) is 83.3 cm³/mol. The summed E-state index contributed by atoms with van der Waals surface area (Å²) >= 11 is 3.41. The Labute approximate surface area is 136 Å². The fraction of sp³-hybridized carbons (Fsp3) is 0.231. The molecule has 9 nitrogen and oxygen atoms in total. The molecular weight excluding hydrogens is 326 g/mol. The van der Waals surface area contributed by atoms with Crippen LogP contribution < -0.4 is 16.0 Å². The number of hydrogen-bond acceptors (Lipinski definition) is 5. The molecule has 0 aromatic heterocycles. The molecule has 0 saturated carbocycles. The molecule has 124 valence electrons. The largest absolute Gasteiger partial charge is 0.508 e. The van der Waals surface area contributed by atoms with Crippen molar-refractivity contribution >= 4 is 41.3 Å². The van der Waals surface area contributed by atoms with E-state index in [1.54, 1.807) is 0 Å². The van der Waals surface area contributed by atoms with Gasteiger partial charge in [-0.2, -0.15) is 0 Å². The van der Waals surface area contributed by atoms with Gasteiger partial charge in [-0.05, 0) is 24.3 Å². The number of carboxylic acid groups (broad SMARTS) is 1. The van der Waals surface area contributed by atoms with E-state index in [1.165, 1.54) is 24.3 Å². The lowest BCUT2D eigenvalue weighted by molar-refractivity contribution is -0.139. The second-order valence-corrected chi connectivity index (χ2v) is 4.82. The molecule has 0 bridgehead atoms. The van der Waals surface area contributed by atoms with Crippen LogP contribution in [0, 0.1) is 0 Å². The SMILES string of the molecule is O=C(O)C[C@H](NC(=O)CNC(=O)S)C(=O)Nc1ccc(O)cc1. The van der Waals surface area contributed by atoms with Crippen LogP contribution in [0.15, 0.2) is 24.3 Å². The molecule has 0 unspecified atom stereocenters. The van der Waals surface area contributed by atoms with Gasteiger partial charge in [-0.15, -0.1) is 0 Å². The third-order valence-corrected chi connectivity index (χ3v) is 2.72. The number of aromatic hydroxyl groups is 1. The van der Waals surface area contributed by atoms with Gasteiger partial charge >= 0.3 is 5.97 Å². The molecule has 0 spiro atoms. The molecule has 0 radical (unpaired) electrons. The molecule has 0 saturated heterocycles. The van der Waals surface area contributed by atoms with Gasteiger partial charge in [-0.3, -0.25) is 19.2 Å². The fourth-order valence-corrected chi connectivity index (χ4v) is 1.64. The Balaban J connectivity index is 2.69. The van der Waals surface area contributed by atoms with Gasteiger partial charge in [0, 0.05) is 5.69 Å². The van der Waals surface area contributed by atoms with Gasteiger partial charge in [-0.1, -0.05) is 12.6 Å². The van der Waals surface area contributed by atoms with Gasteiger partial charge in [0.15, 0.2) is 0 Å². The van der Waals surface area contributed by atoms with Crippen LogP contribution in [0.5, 0.6) is 5.75 Å². The van der Waals surface area contributed by atoms with Gasteiger partial charge in [0.25, 0.3) is 5.24 Å². The first kappa shape index (κ1) is 18.3. The zero-order chi connectivity index (χ0) is 17.4. The monoisotopic (exact) mass is 341 g/mol. The van der Waals surface area contributed by atoms with Crippen molar-refractivity contribution in [1.82, 2.24) is 10.6 Å². The summed E-state index contributed by atoms with van der Waals surface area (Å²) in [4.78, 5) is 45.0. The van der Waals surface area contributed by atoms with Gasteiger partial charge in [0.05, 0.1) is 13.0 Å². The van der Waals surface area contributed by atoms with Gasteiger partial charge in [-0.25, -0.2) is 0 Å². The second kappa shape index (κ2) is 8.63. The van der Waals surface area contributed by atoms with Crippen molar-refractivity contribution in [3.63, 3.8) is 0 Å². The number of rotatable bonds is 7. The highest BCUT2D eigenvalue weighted by Crippen LogP contribution is 2.14. The fourth-order valence-electron chi connectivity index (χ4n) is 1.56. The Morgan fingerprint density at radius 2 is 1.74 bits per heavy atom. The minimum Gasteiger partial charge on any atom is -0.508 e. The summed E-state index contributed by atoms with van der Waals surface area (Å²) in [7, 11) is 0. The summed E-state index contributed by atoms with van der Waals surface area (Å²) in [6.45, 7) is -0.440. The van der Waals surface area contributed by atoms with Crippen LogP contribution in [0.1, 0.15) is 6.42 Å². The quantitative estimate of drug-likeness (QED) is 0.302. The number of phenolic OH excluding ortho intramolecular Hbond substituents is 1. The Kier molecular flexibility index (Phi) is 6.87. The smallest absolute Gasteiger partial charge is 0.305 e. The molecule has 3 amide bonds. The number of nitrogens with one attached hydrogen (secondary N) is 3. The summed E-state index contributed by atoms with van der Waals surface area (Å²) in [6, 6.07) is 4.17. The van der Waals surface area contributed by atoms with E-state index >= 15 is 0 Å². The Morgan fingerprint density at radius 3 is 2.26 bits per heavy atom. The highest BCUT2D eigenvalue weighted by molar-refractivity contribution is 7.96. The summed E-state index contributed by atoms with van der Waals surface area (Å²) in [6.07, 6.45) is -0.634. The zero-order valence-electron chi connectivity index (χ0n) is 11.8. The van der Waals surface area contributed by atoms with Crippen molar-refractivity contribution in [2.45, 2.75) is 12.5 Å². The lowest BCUT2D eigenvalue weighted by Crippen LogP contribution is -2.48. The van der Waals surface area contributed by atoms with E-state index in [4.69, 9.17) is 10.2 Å². The average molecular weight is 341 g/mol. The molecular formula is C13H15N3O6S. The maximum atomic E-state index is 12.1. The van der Waals surface area contributed by atoms with Crippen LogP contribution >= 0.6 is 12.6 Å². The number of anilines is 1. The van der Waals surface area contributed by atoms with Crippen molar-refractivity contribution in [1.29, 1.82) is 0 Å². The van der Waals surface area contributed by atoms with Crippen molar-refractivity contribution in [3.8, 4) is 5.75 Å². The molecule has 5 N–H and O–H groups in total. The zero-order valence-corrected chi connectivity index (χ0v) is 12.7. The van der Waals surface area contributed by atoms with E-state index < -0.39 is 42.0 Å². The lowest BCUT2D eigenvalue weighted by Gasteiger charge is -2.17. The highest BCUT2D eigenvalue weighted by atomic mass is 32.1. The summed E-state index contributed by atoms with van der Waals surface area (Å²) in [5.41, 5.74) is 0.320. The third-order valence-electron chi connectivity index (χ3n) is 2.57. The third kappa shape index (κ3) is 7.18. The molecule has 23 heavy (non-hydrogen) atoms. The molecule has 0 aliphatic heterocycles. The molecule has 1 atom stereocenters. The van der Waals surface area contributed by atoms with E-state index in [2.05, 4.69) is 28.6 Å². The number of thiol groups is 1. The first-order valence-corrected chi connectivity index (χ1v) is 6.80. The normalized spacial score (nSPS) is 11.2. The predicted octanol–water partition coefficient (Wildman–Crippen LogP) is -0.0704. The van der Waals surface area contributed by atoms with Crippen molar-refractivity contribution in [2.24, 2.45) is 0 Å². The first-order valence-electron chi connectivity index (χ1n) is 6.35. The Morgan fingerprint density at radius 1 is 1.13 bits per heavy atom. The number of carboxylic acids is 1. The molecule has 1 aromatic rings. The van der Waals surface area contributed by atoms with Gasteiger partial charge < -0.3 is 26.2 Å². The number of carbonyl (C=O) groups is 4. The lowest BCUT2D eigenvalue weighted by atomic mass is 10.1. The van der Waals surface area contributed by atoms with Crippen molar-refractivity contribution in [3.05, 3.63) is 24.3 Å². The maximum absolute atomic E-state index is 12.1. The molecule has 0 heterocycles. The Bertz CT molecular complexity index is 604. The molecule has 10 heteroatoms. The molecule has 1 rings (SSSR count). The van der Waals surface area contributed by atoms with E-state index in [0.29, 0.717) is 5.69 Å². The summed E-state index contributed by atoms with van der Waals surface area (Å²) < 4.78 is 0. The van der Waals surface area contributed by atoms with Gasteiger partial charge in [0.1, 0.15) is 11.8 Å². The average Bonchev–Trinajstić information content (AvgIpc) is 2.46. The minimum absolute atomic E-state index is 0.000819. The number of aliphatic carboxylic acids is 1. The summed E-state index contributed by atoms with van der Waals surface area (Å²) in [5.74, 6) is -2.77. The van der Waals surface area contributed by atoms with Crippen LogP contribution in [-0.2, 0) is 14.4 Å². The maximum Gasteiger partial charge on any atom is 0.305 e. The number of benzene rings is 1. The number of hydrogen-bond donors (Lipinski definition) is 6. The van der Waals surface area contributed by atoms with Crippen molar-refractivity contribution < 1.29 is 29.4 Å². The van der Waals surface area contributed by atoms with Gasteiger partial charge in [0.2, 0.25) is 11.8 Å². The van der Waals surface area contributed by atoms with Crippen LogP contribution in [0.4, 0.5) is 10.5 Å². The molecule has 0 fully saturated rings.